The quantitative estimate of drug-likeness (QED) is 0.469. The highest BCUT2D eigenvalue weighted by Gasteiger charge is 2.13. The van der Waals surface area contributed by atoms with Crippen LogP contribution in [0.25, 0.3) is 0 Å². The Hall–Kier alpha value is -3.00. The molecule has 0 fully saturated rings. The number of amides is 2. The van der Waals surface area contributed by atoms with Crippen molar-refractivity contribution in [2.24, 2.45) is 0 Å². The maximum Gasteiger partial charge on any atom is 0.271 e. The minimum absolute atomic E-state index is 0.0767. The van der Waals surface area contributed by atoms with E-state index >= 15 is 0 Å². The molecular weight excluding hydrogens is 336 g/mol. The third kappa shape index (κ3) is 4.75. The molecule has 2 rings (SSSR count). The summed E-state index contributed by atoms with van der Waals surface area (Å²) in [4.78, 5) is 37.7. The van der Waals surface area contributed by atoms with Crippen molar-refractivity contribution in [3.05, 3.63) is 69.0 Å². The van der Waals surface area contributed by atoms with Gasteiger partial charge in [-0.1, -0.05) is 11.6 Å². The Morgan fingerprint density at radius 1 is 1.12 bits per heavy atom. The second kappa shape index (κ2) is 8.02. The Morgan fingerprint density at radius 2 is 1.79 bits per heavy atom. The van der Waals surface area contributed by atoms with Crippen LogP contribution in [0.5, 0.6) is 0 Å². The third-order valence-electron chi connectivity index (χ3n) is 2.98. The second-order valence-corrected chi connectivity index (χ2v) is 5.15. The summed E-state index contributed by atoms with van der Waals surface area (Å²) in [5.74, 6) is -0.827. The summed E-state index contributed by atoms with van der Waals surface area (Å²) in [6.45, 7) is 0.354. The Morgan fingerprint density at radius 3 is 2.38 bits per heavy atom. The molecule has 9 heteroatoms. The van der Waals surface area contributed by atoms with Gasteiger partial charge in [0, 0.05) is 48.2 Å². The molecule has 1 aromatic carbocycles. The van der Waals surface area contributed by atoms with Crippen LogP contribution in [-0.4, -0.2) is 34.8 Å². The number of halogens is 1. The molecule has 1 heterocycles. The topological polar surface area (TPSA) is 114 Å². The number of hydrogen-bond acceptors (Lipinski definition) is 5. The number of rotatable bonds is 6. The van der Waals surface area contributed by atoms with Gasteiger partial charge in [0.2, 0.25) is 0 Å². The molecule has 2 N–H and O–H groups in total. The van der Waals surface area contributed by atoms with E-state index in [4.69, 9.17) is 11.6 Å². The van der Waals surface area contributed by atoms with Crippen molar-refractivity contribution in [3.63, 3.8) is 0 Å². The van der Waals surface area contributed by atoms with Gasteiger partial charge in [-0.25, -0.2) is 0 Å². The van der Waals surface area contributed by atoms with E-state index in [0.29, 0.717) is 5.56 Å². The summed E-state index contributed by atoms with van der Waals surface area (Å²) in [5, 5.41) is 16.0. The van der Waals surface area contributed by atoms with E-state index < -0.39 is 10.8 Å². The lowest BCUT2D eigenvalue weighted by molar-refractivity contribution is -0.384. The first-order valence-electron chi connectivity index (χ1n) is 6.89. The average molecular weight is 349 g/mol. The highest BCUT2D eigenvalue weighted by Crippen LogP contribution is 2.20. The van der Waals surface area contributed by atoms with Crippen molar-refractivity contribution in [3.8, 4) is 0 Å². The first kappa shape index (κ1) is 17.4. The van der Waals surface area contributed by atoms with Crippen LogP contribution < -0.4 is 10.6 Å². The fraction of sp³-hybridized carbons (Fsp3) is 0.133. The molecule has 0 aliphatic rings. The van der Waals surface area contributed by atoms with E-state index in [2.05, 4.69) is 15.6 Å². The normalized spacial score (nSPS) is 10.0. The molecule has 124 valence electrons. The van der Waals surface area contributed by atoms with Crippen LogP contribution in [0.3, 0.4) is 0 Å². The fourth-order valence-corrected chi connectivity index (χ4v) is 2.09. The second-order valence-electron chi connectivity index (χ2n) is 4.71. The lowest BCUT2D eigenvalue weighted by atomic mass is 10.2. The van der Waals surface area contributed by atoms with Crippen LogP contribution in [0, 0.1) is 10.1 Å². The van der Waals surface area contributed by atoms with Crippen molar-refractivity contribution in [2.45, 2.75) is 0 Å². The van der Waals surface area contributed by atoms with Crippen LogP contribution in [0.2, 0.25) is 5.02 Å². The number of nitrogens with one attached hydrogen (secondary N) is 2. The molecule has 2 aromatic rings. The molecule has 0 atom stereocenters. The number of pyridine rings is 1. The highest BCUT2D eigenvalue weighted by molar-refractivity contribution is 6.31. The molecule has 0 saturated heterocycles. The van der Waals surface area contributed by atoms with Crippen molar-refractivity contribution in [2.75, 3.05) is 13.1 Å². The van der Waals surface area contributed by atoms with Gasteiger partial charge in [-0.05, 0) is 18.2 Å². The lowest BCUT2D eigenvalue weighted by Crippen LogP contribution is -2.34. The molecule has 8 nitrogen and oxygen atoms in total. The summed E-state index contributed by atoms with van der Waals surface area (Å²) in [5.41, 5.74) is 0.222. The summed E-state index contributed by atoms with van der Waals surface area (Å²) in [7, 11) is 0. The molecular formula is C15H13ClN4O4. The van der Waals surface area contributed by atoms with Gasteiger partial charge in [0.15, 0.2) is 0 Å². The molecule has 2 amide bonds. The number of nitro benzene ring substituents is 1. The van der Waals surface area contributed by atoms with Gasteiger partial charge < -0.3 is 10.6 Å². The number of aromatic nitrogens is 1. The van der Waals surface area contributed by atoms with Crippen molar-refractivity contribution in [1.82, 2.24) is 15.6 Å². The fourth-order valence-electron chi connectivity index (χ4n) is 1.86. The SMILES string of the molecule is O=C(NCCNC(=O)c1cc(Cl)cc([N+](=O)[O-])c1)c1cccnc1. The van der Waals surface area contributed by atoms with Gasteiger partial charge >= 0.3 is 0 Å². The molecule has 0 unspecified atom stereocenters. The van der Waals surface area contributed by atoms with Crippen LogP contribution in [0.1, 0.15) is 20.7 Å². The first-order valence-corrected chi connectivity index (χ1v) is 7.26. The van der Waals surface area contributed by atoms with Gasteiger partial charge in [-0.2, -0.15) is 0 Å². The van der Waals surface area contributed by atoms with Gasteiger partial charge in [0.05, 0.1) is 10.5 Å². The van der Waals surface area contributed by atoms with Crippen LogP contribution in [-0.2, 0) is 0 Å². The minimum atomic E-state index is -0.628. The largest absolute Gasteiger partial charge is 0.350 e. The zero-order valence-corrected chi connectivity index (χ0v) is 13.1. The van der Waals surface area contributed by atoms with Crippen LogP contribution in [0.4, 0.5) is 5.69 Å². The molecule has 24 heavy (non-hydrogen) atoms. The Balaban J connectivity index is 1.85. The standard InChI is InChI=1S/C15H13ClN4O4/c16-12-6-11(7-13(8-12)20(23)24)15(22)19-5-4-18-14(21)10-2-1-3-17-9-10/h1-3,6-9H,4-5H2,(H,18,21)(H,19,22). The number of carbonyl (C=O) groups excluding carboxylic acids is 2. The third-order valence-corrected chi connectivity index (χ3v) is 3.19. The first-order chi connectivity index (χ1) is 11.5. The van der Waals surface area contributed by atoms with Crippen molar-refractivity contribution < 1.29 is 14.5 Å². The molecule has 0 radical (unpaired) electrons. The smallest absolute Gasteiger partial charge is 0.271 e. The Labute approximate surface area is 142 Å². The van der Waals surface area contributed by atoms with E-state index in [1.165, 1.54) is 12.3 Å². The molecule has 0 saturated carbocycles. The number of non-ortho nitro benzene ring substituents is 1. The van der Waals surface area contributed by atoms with Crippen LogP contribution in [0.15, 0.2) is 42.7 Å². The average Bonchev–Trinajstić information content (AvgIpc) is 2.58. The highest BCUT2D eigenvalue weighted by atomic mass is 35.5. The maximum atomic E-state index is 12.0. The number of hydrogen-bond donors (Lipinski definition) is 2. The molecule has 0 aliphatic carbocycles. The Kier molecular flexibility index (Phi) is 5.80. The predicted molar refractivity (Wildman–Crippen MR) is 87.0 cm³/mol. The molecule has 0 aliphatic heterocycles. The number of benzene rings is 1. The molecule has 1 aromatic heterocycles. The van der Waals surface area contributed by atoms with Gasteiger partial charge in [-0.3, -0.25) is 24.7 Å². The summed E-state index contributed by atoms with van der Waals surface area (Å²) in [6, 6.07) is 6.88. The van der Waals surface area contributed by atoms with Crippen molar-refractivity contribution >= 4 is 29.1 Å². The van der Waals surface area contributed by atoms with E-state index in [0.717, 1.165) is 12.1 Å². The zero-order chi connectivity index (χ0) is 17.5. The monoisotopic (exact) mass is 348 g/mol. The number of carbonyl (C=O) groups is 2. The van der Waals surface area contributed by atoms with E-state index in [1.807, 2.05) is 0 Å². The van der Waals surface area contributed by atoms with E-state index in [-0.39, 0.29) is 35.3 Å². The Bertz CT molecular complexity index is 767. The summed E-state index contributed by atoms with van der Waals surface area (Å²) in [6.07, 6.45) is 2.99. The lowest BCUT2D eigenvalue weighted by Gasteiger charge is -2.07. The number of nitro groups is 1. The van der Waals surface area contributed by atoms with Crippen molar-refractivity contribution in [1.29, 1.82) is 0 Å². The predicted octanol–water partition coefficient (Wildman–Crippen LogP) is 1.80. The zero-order valence-electron chi connectivity index (χ0n) is 12.4. The molecule has 0 spiro atoms. The van der Waals surface area contributed by atoms with E-state index in [9.17, 15) is 19.7 Å². The minimum Gasteiger partial charge on any atom is -0.350 e. The van der Waals surface area contributed by atoms with Crippen LogP contribution >= 0.6 is 11.6 Å². The molecule has 0 bridgehead atoms. The maximum absolute atomic E-state index is 12.0. The van der Waals surface area contributed by atoms with Gasteiger partial charge in [0.25, 0.3) is 17.5 Å². The van der Waals surface area contributed by atoms with Gasteiger partial charge in [0.1, 0.15) is 0 Å². The van der Waals surface area contributed by atoms with E-state index in [1.54, 1.807) is 18.3 Å². The summed E-state index contributed by atoms with van der Waals surface area (Å²) < 4.78 is 0. The summed E-state index contributed by atoms with van der Waals surface area (Å²) >= 11 is 5.76. The van der Waals surface area contributed by atoms with Gasteiger partial charge in [-0.15, -0.1) is 0 Å². The number of nitrogens with zero attached hydrogens (tertiary/aromatic N) is 2.